The summed E-state index contributed by atoms with van der Waals surface area (Å²) in [7, 11) is 0. The Labute approximate surface area is 122 Å². The predicted octanol–water partition coefficient (Wildman–Crippen LogP) is 0.955. The van der Waals surface area contributed by atoms with Crippen LogP contribution in [-0.2, 0) is 4.79 Å². The normalized spacial score (nSPS) is 23.6. The Morgan fingerprint density at radius 2 is 1.20 bits per heavy atom. The Morgan fingerprint density at radius 1 is 0.700 bits per heavy atom. The summed E-state index contributed by atoms with van der Waals surface area (Å²) in [6.45, 7) is 9.96. The summed E-state index contributed by atoms with van der Waals surface area (Å²) in [5, 5.41) is 8.75. The molecule has 2 aliphatic rings. The maximum absolute atomic E-state index is 10.6. The summed E-state index contributed by atoms with van der Waals surface area (Å²) in [6, 6.07) is 0. The number of carbonyl (C=O) groups is 1. The molecule has 116 valence electrons. The van der Waals surface area contributed by atoms with Crippen LogP contribution in [0, 0.1) is 0 Å². The fourth-order valence-corrected chi connectivity index (χ4v) is 3.19. The SMILES string of the molecule is O=C(O)CCN1CCCN(CCN2CCCCC2)CC1. The molecule has 1 N–H and O–H groups in total. The van der Waals surface area contributed by atoms with Gasteiger partial charge in [-0.25, -0.2) is 0 Å². The average molecular weight is 283 g/mol. The molecule has 2 heterocycles. The highest BCUT2D eigenvalue weighted by atomic mass is 16.4. The Morgan fingerprint density at radius 3 is 1.80 bits per heavy atom. The van der Waals surface area contributed by atoms with Gasteiger partial charge in [0.2, 0.25) is 0 Å². The van der Waals surface area contributed by atoms with E-state index in [2.05, 4.69) is 14.7 Å². The van der Waals surface area contributed by atoms with Crippen LogP contribution >= 0.6 is 0 Å². The number of hydrogen-bond acceptors (Lipinski definition) is 4. The molecular formula is C15H29N3O2. The van der Waals surface area contributed by atoms with Gasteiger partial charge in [-0.15, -0.1) is 0 Å². The lowest BCUT2D eigenvalue weighted by Gasteiger charge is -2.29. The van der Waals surface area contributed by atoms with E-state index >= 15 is 0 Å². The third kappa shape index (κ3) is 5.77. The van der Waals surface area contributed by atoms with Crippen LogP contribution in [0.15, 0.2) is 0 Å². The van der Waals surface area contributed by atoms with Crippen molar-refractivity contribution in [2.24, 2.45) is 0 Å². The zero-order chi connectivity index (χ0) is 14.2. The van der Waals surface area contributed by atoms with Crippen LogP contribution < -0.4 is 0 Å². The average Bonchev–Trinajstić information content (AvgIpc) is 2.69. The molecule has 0 bridgehead atoms. The number of carboxylic acids is 1. The van der Waals surface area contributed by atoms with E-state index in [1.54, 1.807) is 0 Å². The highest BCUT2D eigenvalue weighted by molar-refractivity contribution is 5.66. The molecule has 20 heavy (non-hydrogen) atoms. The predicted molar refractivity (Wildman–Crippen MR) is 80.0 cm³/mol. The van der Waals surface area contributed by atoms with E-state index in [9.17, 15) is 4.79 Å². The van der Waals surface area contributed by atoms with Gasteiger partial charge in [0.1, 0.15) is 0 Å². The summed E-state index contributed by atoms with van der Waals surface area (Å²) in [5.74, 6) is -0.684. The lowest BCUT2D eigenvalue weighted by atomic mass is 10.1. The van der Waals surface area contributed by atoms with Crippen LogP contribution in [0.5, 0.6) is 0 Å². The van der Waals surface area contributed by atoms with E-state index in [-0.39, 0.29) is 6.42 Å². The highest BCUT2D eigenvalue weighted by Gasteiger charge is 2.16. The van der Waals surface area contributed by atoms with Crippen molar-refractivity contribution in [3.63, 3.8) is 0 Å². The van der Waals surface area contributed by atoms with Gasteiger partial charge in [-0.1, -0.05) is 6.42 Å². The van der Waals surface area contributed by atoms with E-state index in [0.29, 0.717) is 6.54 Å². The number of rotatable bonds is 6. The number of piperidine rings is 1. The first-order valence-electron chi connectivity index (χ1n) is 8.13. The summed E-state index contributed by atoms with van der Waals surface area (Å²) >= 11 is 0. The molecule has 0 aromatic rings. The number of likely N-dealkylation sites (tertiary alicyclic amines) is 1. The van der Waals surface area contributed by atoms with Crippen LogP contribution in [0.3, 0.4) is 0 Å². The van der Waals surface area contributed by atoms with Gasteiger partial charge in [0, 0.05) is 32.7 Å². The standard InChI is InChI=1S/C15H29N3O2/c19-15(20)5-10-17-8-4-9-18(14-12-17)13-11-16-6-2-1-3-7-16/h1-14H2,(H,19,20). The first-order chi connectivity index (χ1) is 9.74. The summed E-state index contributed by atoms with van der Waals surface area (Å²) < 4.78 is 0. The van der Waals surface area contributed by atoms with Crippen LogP contribution in [0.4, 0.5) is 0 Å². The topological polar surface area (TPSA) is 47.0 Å². The van der Waals surface area contributed by atoms with Gasteiger partial charge in [0.05, 0.1) is 6.42 Å². The van der Waals surface area contributed by atoms with E-state index in [0.717, 1.165) is 26.2 Å². The van der Waals surface area contributed by atoms with Crippen molar-refractivity contribution in [2.75, 3.05) is 58.9 Å². The van der Waals surface area contributed by atoms with Gasteiger partial charge >= 0.3 is 5.97 Å². The second-order valence-electron chi connectivity index (χ2n) is 6.08. The van der Waals surface area contributed by atoms with Gasteiger partial charge in [-0.3, -0.25) is 4.79 Å². The van der Waals surface area contributed by atoms with Gasteiger partial charge in [-0.05, 0) is 45.4 Å². The molecule has 0 aromatic carbocycles. The van der Waals surface area contributed by atoms with Gasteiger partial charge in [-0.2, -0.15) is 0 Å². The van der Waals surface area contributed by atoms with Crippen molar-refractivity contribution in [1.29, 1.82) is 0 Å². The Hall–Kier alpha value is -0.650. The van der Waals surface area contributed by atoms with Crippen LogP contribution in [0.25, 0.3) is 0 Å². The minimum absolute atomic E-state index is 0.272. The van der Waals surface area contributed by atoms with E-state index in [4.69, 9.17) is 5.11 Å². The molecule has 0 atom stereocenters. The lowest BCUT2D eigenvalue weighted by Crippen LogP contribution is -2.39. The minimum Gasteiger partial charge on any atom is -0.481 e. The Kier molecular flexibility index (Phi) is 6.76. The van der Waals surface area contributed by atoms with Crippen molar-refractivity contribution < 1.29 is 9.90 Å². The molecule has 0 radical (unpaired) electrons. The zero-order valence-corrected chi connectivity index (χ0v) is 12.6. The van der Waals surface area contributed by atoms with Crippen LogP contribution in [-0.4, -0.2) is 84.7 Å². The maximum atomic E-state index is 10.6. The van der Waals surface area contributed by atoms with Gasteiger partial charge in [0.15, 0.2) is 0 Å². The molecule has 2 rings (SSSR count). The fourth-order valence-electron chi connectivity index (χ4n) is 3.19. The fraction of sp³-hybridized carbons (Fsp3) is 0.933. The molecule has 5 nitrogen and oxygen atoms in total. The summed E-state index contributed by atoms with van der Waals surface area (Å²) in [5.41, 5.74) is 0. The van der Waals surface area contributed by atoms with Gasteiger partial charge < -0.3 is 19.8 Å². The molecule has 0 saturated carbocycles. The summed E-state index contributed by atoms with van der Waals surface area (Å²) in [4.78, 5) is 18.1. The molecule has 0 unspecified atom stereocenters. The largest absolute Gasteiger partial charge is 0.481 e. The summed E-state index contributed by atoms with van der Waals surface area (Å²) in [6.07, 6.45) is 5.57. The molecule has 0 spiro atoms. The quantitative estimate of drug-likeness (QED) is 0.786. The number of hydrogen-bond donors (Lipinski definition) is 1. The van der Waals surface area contributed by atoms with Crippen molar-refractivity contribution >= 4 is 5.97 Å². The molecule has 2 saturated heterocycles. The second-order valence-corrected chi connectivity index (χ2v) is 6.08. The van der Waals surface area contributed by atoms with Crippen LogP contribution in [0.1, 0.15) is 32.1 Å². The maximum Gasteiger partial charge on any atom is 0.304 e. The molecule has 0 amide bonds. The zero-order valence-electron chi connectivity index (χ0n) is 12.6. The van der Waals surface area contributed by atoms with Gasteiger partial charge in [0.25, 0.3) is 0 Å². The van der Waals surface area contributed by atoms with Crippen molar-refractivity contribution in [3.8, 4) is 0 Å². The van der Waals surface area contributed by atoms with Crippen molar-refractivity contribution in [1.82, 2.24) is 14.7 Å². The monoisotopic (exact) mass is 283 g/mol. The smallest absolute Gasteiger partial charge is 0.304 e. The van der Waals surface area contributed by atoms with E-state index in [1.807, 2.05) is 0 Å². The molecule has 2 fully saturated rings. The second kappa shape index (κ2) is 8.60. The first kappa shape index (κ1) is 15.7. The highest BCUT2D eigenvalue weighted by Crippen LogP contribution is 2.09. The number of carboxylic acid groups (broad SMARTS) is 1. The lowest BCUT2D eigenvalue weighted by molar-refractivity contribution is -0.137. The molecule has 2 aliphatic heterocycles. The number of aliphatic carboxylic acids is 1. The van der Waals surface area contributed by atoms with Crippen LogP contribution in [0.2, 0.25) is 0 Å². The van der Waals surface area contributed by atoms with Crippen molar-refractivity contribution in [3.05, 3.63) is 0 Å². The number of nitrogens with zero attached hydrogens (tertiary/aromatic N) is 3. The minimum atomic E-state index is -0.684. The van der Waals surface area contributed by atoms with E-state index < -0.39 is 5.97 Å². The molecule has 0 aromatic heterocycles. The Balaban J connectivity index is 1.63. The third-order valence-electron chi connectivity index (χ3n) is 4.50. The molecule has 5 heteroatoms. The van der Waals surface area contributed by atoms with E-state index in [1.165, 1.54) is 51.9 Å². The van der Waals surface area contributed by atoms with Crippen molar-refractivity contribution in [2.45, 2.75) is 32.1 Å². The molecular weight excluding hydrogens is 254 g/mol. The Bertz CT molecular complexity index is 293. The molecule has 0 aliphatic carbocycles. The first-order valence-corrected chi connectivity index (χ1v) is 8.13. The third-order valence-corrected chi connectivity index (χ3v) is 4.50.